The number of phenolic OH excluding ortho intramolecular Hbond substituents is 1. The second kappa shape index (κ2) is 12.7. The Kier molecular flexibility index (Phi) is 9.30. The van der Waals surface area contributed by atoms with Crippen LogP contribution in [0.3, 0.4) is 0 Å². The van der Waals surface area contributed by atoms with Gasteiger partial charge in [0.2, 0.25) is 5.91 Å². The van der Waals surface area contributed by atoms with E-state index in [1.54, 1.807) is 12.1 Å². The maximum atomic E-state index is 12.5. The number of unbranched alkanes of at least 4 members (excludes halogenated alkanes) is 1. The average molecular weight is 561 g/mol. The molecule has 1 amide bonds. The predicted octanol–water partition coefficient (Wildman–Crippen LogP) is 6.45. The number of carbonyl (C=O) groups is 1. The second-order valence-corrected chi connectivity index (χ2v) is 12.0. The van der Waals surface area contributed by atoms with Crippen molar-refractivity contribution in [2.75, 3.05) is 11.1 Å². The van der Waals surface area contributed by atoms with E-state index in [-0.39, 0.29) is 23.9 Å². The maximum absolute atomic E-state index is 12.5. The lowest BCUT2D eigenvalue weighted by molar-refractivity contribution is -0.115. The van der Waals surface area contributed by atoms with Crippen molar-refractivity contribution in [2.24, 2.45) is 16.5 Å². The van der Waals surface area contributed by atoms with E-state index in [0.717, 1.165) is 77.1 Å². The van der Waals surface area contributed by atoms with E-state index in [1.165, 1.54) is 4.90 Å². The zero-order valence-electron chi connectivity index (χ0n) is 23.8. The number of rotatable bonds is 10. The van der Waals surface area contributed by atoms with Gasteiger partial charge in [-0.05, 0) is 124 Å². The molecule has 0 fully saturated rings. The molecule has 1 heterocycles. The van der Waals surface area contributed by atoms with Gasteiger partial charge in [0.25, 0.3) is 0 Å². The Labute approximate surface area is 241 Å². The lowest BCUT2D eigenvalue weighted by atomic mass is 9.85. The summed E-state index contributed by atoms with van der Waals surface area (Å²) < 4.78 is 6.57. The summed E-state index contributed by atoms with van der Waals surface area (Å²) in [7, 11) is 0. The number of thioether (sulfide) groups is 1. The summed E-state index contributed by atoms with van der Waals surface area (Å²) in [4.78, 5) is 17.6. The summed E-state index contributed by atoms with van der Waals surface area (Å²) in [5, 5.41) is 13.4. The van der Waals surface area contributed by atoms with Gasteiger partial charge in [-0.1, -0.05) is 12.1 Å². The van der Waals surface area contributed by atoms with Gasteiger partial charge in [0.15, 0.2) is 5.96 Å². The molecule has 40 heavy (non-hydrogen) atoms. The molecule has 7 nitrogen and oxygen atoms in total. The van der Waals surface area contributed by atoms with Crippen molar-refractivity contribution in [1.29, 1.82) is 0 Å². The number of phenols is 1. The number of nitrogens with one attached hydrogen (secondary N) is 1. The molecule has 8 heteroatoms. The van der Waals surface area contributed by atoms with Gasteiger partial charge < -0.3 is 26.6 Å². The Bertz CT molecular complexity index is 1380. The van der Waals surface area contributed by atoms with Crippen molar-refractivity contribution < 1.29 is 14.6 Å². The predicted molar refractivity (Wildman–Crippen MR) is 165 cm³/mol. The van der Waals surface area contributed by atoms with Gasteiger partial charge in [-0.2, -0.15) is 0 Å². The topological polar surface area (TPSA) is 123 Å². The summed E-state index contributed by atoms with van der Waals surface area (Å²) in [6, 6.07) is 15.2. The van der Waals surface area contributed by atoms with Crippen LogP contribution in [0.5, 0.6) is 11.5 Å². The molecule has 6 N–H and O–H groups in total. The number of nitrogens with two attached hydrogens (primary N) is 2. The Balaban J connectivity index is 1.19. The van der Waals surface area contributed by atoms with Gasteiger partial charge >= 0.3 is 0 Å². The monoisotopic (exact) mass is 560 g/mol. The molecule has 1 atom stereocenters. The molecule has 3 aromatic rings. The fourth-order valence-electron chi connectivity index (χ4n) is 5.12. The van der Waals surface area contributed by atoms with E-state index >= 15 is 0 Å². The Morgan fingerprint density at radius 3 is 2.40 bits per heavy atom. The number of aromatic hydroxyl groups is 1. The molecule has 0 saturated heterocycles. The molecular weight excluding hydrogens is 520 g/mol. The highest BCUT2D eigenvalue weighted by Crippen LogP contribution is 2.44. The summed E-state index contributed by atoms with van der Waals surface area (Å²) in [6.07, 6.45) is 5.38. The van der Waals surface area contributed by atoms with Gasteiger partial charge in [0.1, 0.15) is 17.1 Å². The van der Waals surface area contributed by atoms with Crippen molar-refractivity contribution in [2.45, 2.75) is 76.7 Å². The molecule has 0 aromatic heterocycles. The van der Waals surface area contributed by atoms with E-state index in [4.69, 9.17) is 16.2 Å². The molecule has 3 aromatic carbocycles. The van der Waals surface area contributed by atoms with Gasteiger partial charge in [-0.15, -0.1) is 11.8 Å². The second-order valence-electron chi connectivity index (χ2n) is 10.8. The van der Waals surface area contributed by atoms with Crippen LogP contribution in [0.4, 0.5) is 11.4 Å². The summed E-state index contributed by atoms with van der Waals surface area (Å²) in [6.45, 7) is 8.21. The number of fused-ring (bicyclic) bond motifs is 1. The van der Waals surface area contributed by atoms with Crippen LogP contribution >= 0.6 is 11.8 Å². The molecule has 1 aliphatic heterocycles. The first-order valence-corrected chi connectivity index (χ1v) is 14.7. The van der Waals surface area contributed by atoms with Gasteiger partial charge in [0, 0.05) is 16.1 Å². The number of ether oxygens (including phenoxy) is 1. The number of aliphatic imine (C=N–C) groups is 1. The number of guanidine groups is 1. The zero-order valence-corrected chi connectivity index (χ0v) is 24.7. The summed E-state index contributed by atoms with van der Waals surface area (Å²) in [5.41, 5.74) is 17.0. The third-order valence-corrected chi connectivity index (χ3v) is 8.76. The molecule has 0 radical (unpaired) electrons. The number of carbonyl (C=O) groups excluding carboxylic acids is 1. The minimum absolute atomic E-state index is 0.00491. The highest BCUT2D eigenvalue weighted by atomic mass is 32.2. The van der Waals surface area contributed by atoms with E-state index in [0.29, 0.717) is 11.4 Å². The Morgan fingerprint density at radius 2 is 1.73 bits per heavy atom. The van der Waals surface area contributed by atoms with Crippen molar-refractivity contribution >= 4 is 35.0 Å². The number of benzene rings is 3. The fraction of sp³-hybridized carbons (Fsp3) is 0.375. The first-order chi connectivity index (χ1) is 19.0. The molecule has 1 aliphatic rings. The van der Waals surface area contributed by atoms with Gasteiger partial charge in [-0.25, -0.2) is 4.99 Å². The largest absolute Gasteiger partial charge is 0.507 e. The first kappa shape index (κ1) is 29.3. The highest BCUT2D eigenvalue weighted by molar-refractivity contribution is 7.99. The minimum atomic E-state index is -0.174. The smallest absolute Gasteiger partial charge is 0.228 e. The van der Waals surface area contributed by atoms with Crippen molar-refractivity contribution in [3.8, 4) is 11.5 Å². The van der Waals surface area contributed by atoms with Crippen molar-refractivity contribution in [3.05, 3.63) is 76.3 Å². The quantitative estimate of drug-likeness (QED) is 0.0978. The van der Waals surface area contributed by atoms with Crippen LogP contribution in [0.15, 0.2) is 58.4 Å². The Hall–Kier alpha value is -3.65. The SMILES string of the molecule is Cc1c(C)c2c(c(C)c1O)CCC(C)(CCCCSc1ccc(NC(=O)Cc3ccc(N=C(N)N)cc3)cc1)O2. The van der Waals surface area contributed by atoms with Crippen LogP contribution in [0.1, 0.15) is 60.4 Å². The molecule has 1 unspecified atom stereocenters. The average Bonchev–Trinajstić information content (AvgIpc) is 2.92. The Morgan fingerprint density at radius 1 is 1.02 bits per heavy atom. The van der Waals surface area contributed by atoms with Crippen LogP contribution in [-0.4, -0.2) is 28.3 Å². The summed E-state index contributed by atoms with van der Waals surface area (Å²) in [5.74, 6) is 2.34. The number of anilines is 1. The standard InChI is InChI=1S/C32H40N4O3S/c1-20-21(2)30-27(22(3)29(20)38)15-17-32(4,39-30)16-5-6-18-40-26-13-11-24(12-14-26)35-28(37)19-23-7-9-25(10-8-23)36-31(33)34/h7-14,38H,5-6,15-19H2,1-4H3,(H,35,37)(H4,33,34,36). The zero-order chi connectivity index (χ0) is 28.9. The molecule has 0 saturated carbocycles. The molecule has 0 aliphatic carbocycles. The lowest BCUT2D eigenvalue weighted by Crippen LogP contribution is -2.37. The molecule has 212 valence electrons. The maximum Gasteiger partial charge on any atom is 0.228 e. The first-order valence-electron chi connectivity index (χ1n) is 13.8. The normalized spacial score (nSPS) is 16.1. The number of hydrogen-bond donors (Lipinski definition) is 4. The lowest BCUT2D eigenvalue weighted by Gasteiger charge is -2.38. The number of nitrogens with zero attached hydrogens (tertiary/aromatic N) is 1. The van der Waals surface area contributed by atoms with Crippen LogP contribution < -0.4 is 21.5 Å². The van der Waals surface area contributed by atoms with Crippen LogP contribution in [0, 0.1) is 20.8 Å². The third-order valence-electron chi connectivity index (χ3n) is 7.66. The third kappa shape index (κ3) is 7.30. The fourth-order valence-corrected chi connectivity index (χ4v) is 6.04. The van der Waals surface area contributed by atoms with E-state index in [2.05, 4.69) is 29.4 Å². The minimum Gasteiger partial charge on any atom is -0.507 e. The summed E-state index contributed by atoms with van der Waals surface area (Å²) >= 11 is 1.83. The van der Waals surface area contributed by atoms with E-state index in [9.17, 15) is 9.90 Å². The molecule has 4 rings (SSSR count). The van der Waals surface area contributed by atoms with E-state index in [1.807, 2.05) is 56.8 Å². The van der Waals surface area contributed by atoms with E-state index < -0.39 is 0 Å². The van der Waals surface area contributed by atoms with Crippen molar-refractivity contribution in [1.82, 2.24) is 0 Å². The highest BCUT2D eigenvalue weighted by Gasteiger charge is 2.34. The number of hydrogen-bond acceptors (Lipinski definition) is 5. The van der Waals surface area contributed by atoms with Gasteiger partial charge in [-0.3, -0.25) is 4.79 Å². The number of amides is 1. The van der Waals surface area contributed by atoms with Gasteiger partial charge in [0.05, 0.1) is 12.1 Å². The van der Waals surface area contributed by atoms with Crippen molar-refractivity contribution in [3.63, 3.8) is 0 Å². The van der Waals surface area contributed by atoms with Crippen LogP contribution in [-0.2, 0) is 17.6 Å². The molecule has 0 bridgehead atoms. The van der Waals surface area contributed by atoms with Crippen LogP contribution in [0.2, 0.25) is 0 Å². The molecular formula is C32H40N4O3S. The molecule has 0 spiro atoms. The van der Waals surface area contributed by atoms with Crippen LogP contribution in [0.25, 0.3) is 0 Å².